The molecule has 0 aliphatic carbocycles. The topological polar surface area (TPSA) is 185 Å². The van der Waals surface area contributed by atoms with Crippen LogP contribution in [0.1, 0.15) is 6.92 Å². The number of nitrogens with one attached hydrogen (secondary N) is 1. The van der Waals surface area contributed by atoms with Crippen molar-refractivity contribution >= 4 is 5.95 Å². The summed E-state index contributed by atoms with van der Waals surface area (Å²) in [6, 6.07) is 0. The molecule has 1 N–H and O–H groups in total. The molecule has 0 amide bonds. The molecule has 1 aromatic heterocycles. The molecule has 104 valence electrons. The predicted octanol–water partition coefficient (Wildman–Crippen LogP) is -1.41. The van der Waals surface area contributed by atoms with Crippen molar-refractivity contribution in [3.63, 3.8) is 0 Å². The van der Waals surface area contributed by atoms with Crippen LogP contribution in [0.15, 0.2) is 0 Å². The normalized spacial score (nSPS) is 11.0. The SMILES string of the molecule is CCn1nnnc1NCC([N+](=O)[O-])([N+](=O)[O-])[N+](=O)[O-]. The number of hydrogen-bond donors (Lipinski definition) is 1. The van der Waals surface area contributed by atoms with Gasteiger partial charge in [0.25, 0.3) is 0 Å². The Morgan fingerprint density at radius 1 is 1.21 bits per heavy atom. The zero-order chi connectivity index (χ0) is 14.6. The summed E-state index contributed by atoms with van der Waals surface area (Å²) in [5.41, 5.74) is 0. The van der Waals surface area contributed by atoms with Crippen molar-refractivity contribution in [2.45, 2.75) is 19.3 Å². The van der Waals surface area contributed by atoms with Gasteiger partial charge in [-0.2, -0.15) is 0 Å². The van der Waals surface area contributed by atoms with E-state index in [1.165, 1.54) is 0 Å². The first kappa shape index (κ1) is 14.1. The van der Waals surface area contributed by atoms with Crippen LogP contribution >= 0.6 is 0 Å². The van der Waals surface area contributed by atoms with Crippen LogP contribution in [0.3, 0.4) is 0 Å². The Hall–Kier alpha value is -2.93. The van der Waals surface area contributed by atoms with E-state index in [1.807, 2.05) is 0 Å². The summed E-state index contributed by atoms with van der Waals surface area (Å²) >= 11 is 0. The molecule has 0 aliphatic heterocycles. The number of tetrazole rings is 1. The Morgan fingerprint density at radius 3 is 2.16 bits per heavy atom. The van der Waals surface area contributed by atoms with Gasteiger partial charge >= 0.3 is 5.79 Å². The van der Waals surface area contributed by atoms with Crippen LogP contribution in [0.5, 0.6) is 0 Å². The number of aryl methyl sites for hydroxylation is 1. The number of nitrogens with zero attached hydrogens (tertiary/aromatic N) is 7. The molecule has 0 aromatic carbocycles. The number of hydrogen-bond acceptors (Lipinski definition) is 10. The average molecular weight is 276 g/mol. The first-order chi connectivity index (χ1) is 8.86. The fourth-order valence-corrected chi connectivity index (χ4v) is 1.14. The molecule has 1 heterocycles. The lowest BCUT2D eigenvalue weighted by molar-refractivity contribution is -0.965. The fraction of sp³-hybridized carbons (Fsp3) is 0.800. The lowest BCUT2D eigenvalue weighted by Gasteiger charge is -2.09. The lowest BCUT2D eigenvalue weighted by Crippen LogP contribution is -2.58. The maximum atomic E-state index is 10.6. The van der Waals surface area contributed by atoms with Crippen molar-refractivity contribution < 1.29 is 14.8 Å². The second-order valence-corrected chi connectivity index (χ2v) is 3.22. The van der Waals surface area contributed by atoms with Gasteiger partial charge in [-0.15, -0.1) is 0 Å². The van der Waals surface area contributed by atoms with Crippen molar-refractivity contribution in [2.75, 3.05) is 11.9 Å². The molecule has 1 rings (SSSR count). The van der Waals surface area contributed by atoms with Gasteiger partial charge in [0.15, 0.2) is 14.8 Å². The van der Waals surface area contributed by atoms with E-state index in [9.17, 15) is 30.3 Å². The molecule has 0 saturated heterocycles. The molecule has 0 bridgehead atoms. The molecular weight excluding hydrogens is 268 g/mol. The van der Waals surface area contributed by atoms with Gasteiger partial charge in [0.2, 0.25) is 12.5 Å². The van der Waals surface area contributed by atoms with Crippen LogP contribution in [-0.4, -0.2) is 47.3 Å². The standard InChI is InChI=1S/C5H8N8O6/c1-2-10-4(7-8-9-10)6-3-5(11(14)15,12(16)17)13(18)19/h2-3H2,1H3,(H,6,7,9). The largest absolute Gasteiger partial charge is 0.717 e. The van der Waals surface area contributed by atoms with E-state index in [0.717, 1.165) is 4.68 Å². The number of nitro groups is 3. The second-order valence-electron chi connectivity index (χ2n) is 3.22. The number of rotatable bonds is 7. The van der Waals surface area contributed by atoms with Crippen LogP contribution in [0.25, 0.3) is 0 Å². The highest BCUT2D eigenvalue weighted by Crippen LogP contribution is 2.13. The van der Waals surface area contributed by atoms with Gasteiger partial charge in [-0.1, -0.05) is 5.10 Å². The Bertz CT molecular complexity index is 475. The van der Waals surface area contributed by atoms with Crippen LogP contribution in [0.4, 0.5) is 5.95 Å². The molecule has 0 radical (unpaired) electrons. The third-order valence-electron chi connectivity index (χ3n) is 2.19. The van der Waals surface area contributed by atoms with Gasteiger partial charge in [-0.05, 0) is 17.4 Å². The van der Waals surface area contributed by atoms with Crippen LogP contribution in [0.2, 0.25) is 0 Å². The Balaban J connectivity index is 3.00. The third kappa shape index (κ3) is 2.35. The number of aromatic nitrogens is 4. The molecular formula is C5H8N8O6. The Morgan fingerprint density at radius 2 is 1.74 bits per heavy atom. The first-order valence-electron chi connectivity index (χ1n) is 4.79. The van der Waals surface area contributed by atoms with E-state index in [1.54, 1.807) is 6.92 Å². The third-order valence-corrected chi connectivity index (χ3v) is 2.19. The van der Waals surface area contributed by atoms with Gasteiger partial charge in [0.1, 0.15) is 0 Å². The van der Waals surface area contributed by atoms with Crippen LogP contribution in [-0.2, 0) is 6.54 Å². The Kier molecular flexibility index (Phi) is 3.83. The Labute approximate surface area is 103 Å². The molecule has 0 unspecified atom stereocenters. The zero-order valence-electron chi connectivity index (χ0n) is 9.49. The first-order valence-corrected chi connectivity index (χ1v) is 4.79. The van der Waals surface area contributed by atoms with E-state index in [0.29, 0.717) is 0 Å². The number of anilines is 1. The molecule has 0 fully saturated rings. The summed E-state index contributed by atoms with van der Waals surface area (Å²) in [5, 5.41) is 44.1. The van der Waals surface area contributed by atoms with Crippen LogP contribution in [0, 0.1) is 30.3 Å². The summed E-state index contributed by atoms with van der Waals surface area (Å²) in [7, 11) is 0. The molecule has 0 spiro atoms. The molecule has 1 aromatic rings. The minimum Gasteiger partial charge on any atom is -0.332 e. The van der Waals surface area contributed by atoms with Crippen molar-refractivity contribution in [1.29, 1.82) is 0 Å². The van der Waals surface area contributed by atoms with Gasteiger partial charge in [0, 0.05) is 6.54 Å². The van der Waals surface area contributed by atoms with Crippen LogP contribution < -0.4 is 5.32 Å². The smallest absolute Gasteiger partial charge is 0.332 e. The molecule has 0 saturated carbocycles. The summed E-state index contributed by atoms with van der Waals surface area (Å²) in [6.07, 6.45) is 0. The van der Waals surface area contributed by atoms with Gasteiger partial charge in [-0.3, -0.25) is 30.3 Å². The minimum atomic E-state index is -3.59. The summed E-state index contributed by atoms with van der Waals surface area (Å²) in [6.45, 7) is 0.724. The van der Waals surface area contributed by atoms with E-state index in [4.69, 9.17) is 0 Å². The van der Waals surface area contributed by atoms with Crippen molar-refractivity contribution in [3.8, 4) is 0 Å². The second kappa shape index (κ2) is 5.15. The molecule has 0 aliphatic rings. The molecule has 19 heavy (non-hydrogen) atoms. The van der Waals surface area contributed by atoms with E-state index in [2.05, 4.69) is 20.8 Å². The highest BCUT2D eigenvalue weighted by Gasteiger charge is 2.70. The maximum absolute atomic E-state index is 10.6. The average Bonchev–Trinajstić information content (AvgIpc) is 2.75. The molecule has 0 atom stereocenters. The molecule has 14 nitrogen and oxygen atoms in total. The zero-order valence-corrected chi connectivity index (χ0v) is 9.49. The van der Waals surface area contributed by atoms with Gasteiger partial charge < -0.3 is 5.32 Å². The molecule has 14 heteroatoms. The fourth-order valence-electron chi connectivity index (χ4n) is 1.14. The van der Waals surface area contributed by atoms with Crippen molar-refractivity contribution in [2.24, 2.45) is 0 Å². The van der Waals surface area contributed by atoms with Gasteiger partial charge in [0.05, 0.1) is 0 Å². The summed E-state index contributed by atoms with van der Waals surface area (Å²) < 4.78 is 1.13. The highest BCUT2D eigenvalue weighted by molar-refractivity contribution is 5.21. The van der Waals surface area contributed by atoms with E-state index < -0.39 is 27.1 Å². The predicted molar refractivity (Wildman–Crippen MR) is 55.7 cm³/mol. The van der Waals surface area contributed by atoms with Gasteiger partial charge in [-0.25, -0.2) is 4.68 Å². The monoisotopic (exact) mass is 276 g/mol. The maximum Gasteiger partial charge on any atom is 0.717 e. The highest BCUT2D eigenvalue weighted by atomic mass is 16.7. The lowest BCUT2D eigenvalue weighted by atomic mass is 10.4. The summed E-state index contributed by atoms with van der Waals surface area (Å²) in [5.74, 6) is -3.73. The van der Waals surface area contributed by atoms with Crippen molar-refractivity contribution in [3.05, 3.63) is 30.3 Å². The van der Waals surface area contributed by atoms with E-state index in [-0.39, 0.29) is 12.5 Å². The summed E-state index contributed by atoms with van der Waals surface area (Å²) in [4.78, 5) is 27.2. The quantitative estimate of drug-likeness (QED) is 0.352. The minimum absolute atomic E-state index is 0.141. The van der Waals surface area contributed by atoms with E-state index >= 15 is 0 Å². The van der Waals surface area contributed by atoms with Crippen molar-refractivity contribution in [1.82, 2.24) is 20.2 Å².